The van der Waals surface area contributed by atoms with E-state index in [1.54, 1.807) is 0 Å². The van der Waals surface area contributed by atoms with Crippen LogP contribution in [0.1, 0.15) is 36.8 Å². The van der Waals surface area contributed by atoms with E-state index in [4.69, 9.17) is 0 Å². The lowest BCUT2D eigenvalue weighted by Crippen LogP contribution is -2.47. The van der Waals surface area contributed by atoms with Crippen molar-refractivity contribution in [1.29, 1.82) is 0 Å². The number of hydrogen-bond acceptors (Lipinski definition) is 4. The number of hydrogen-bond donors (Lipinski definition) is 6. The molecule has 0 saturated heterocycles. The third kappa shape index (κ3) is 11.4. The van der Waals surface area contributed by atoms with E-state index in [9.17, 15) is 29.4 Å². The molecule has 10 heteroatoms. The molecule has 0 aliphatic rings. The van der Waals surface area contributed by atoms with Crippen LogP contribution in [0.4, 0.5) is 9.59 Å². The van der Waals surface area contributed by atoms with Crippen LogP contribution in [0.5, 0.6) is 0 Å². The van der Waals surface area contributed by atoms with Crippen LogP contribution < -0.4 is 21.3 Å². The van der Waals surface area contributed by atoms with E-state index in [1.165, 1.54) is 0 Å². The van der Waals surface area contributed by atoms with Gasteiger partial charge in [0.25, 0.3) is 0 Å². The smallest absolute Gasteiger partial charge is 0.326 e. The largest absolute Gasteiger partial charge is 0.480 e. The Morgan fingerprint density at radius 1 is 0.583 bits per heavy atom. The first-order valence-electron chi connectivity index (χ1n) is 12.0. The second-order valence-electron chi connectivity index (χ2n) is 8.38. The summed E-state index contributed by atoms with van der Waals surface area (Å²) in [6.45, 7) is 0.800. The van der Waals surface area contributed by atoms with Gasteiger partial charge in [-0.2, -0.15) is 0 Å². The summed E-state index contributed by atoms with van der Waals surface area (Å²) < 4.78 is 0. The maximum absolute atomic E-state index is 12.0. The topological polar surface area (TPSA) is 157 Å². The Labute approximate surface area is 210 Å². The molecule has 10 nitrogen and oxygen atoms in total. The van der Waals surface area contributed by atoms with Crippen LogP contribution in [-0.2, 0) is 22.4 Å². The molecule has 2 aromatic carbocycles. The average Bonchev–Trinajstić information content (AvgIpc) is 2.86. The van der Waals surface area contributed by atoms with Gasteiger partial charge in [-0.15, -0.1) is 0 Å². The second kappa shape index (κ2) is 15.8. The maximum atomic E-state index is 12.0. The van der Waals surface area contributed by atoms with Crippen LogP contribution in [0.25, 0.3) is 0 Å². The third-order valence-electron chi connectivity index (χ3n) is 5.45. The van der Waals surface area contributed by atoms with E-state index >= 15 is 0 Å². The molecule has 0 unspecified atom stereocenters. The number of carbonyl (C=O) groups excluding carboxylic acids is 2. The fraction of sp³-hybridized carbons (Fsp3) is 0.385. The maximum Gasteiger partial charge on any atom is 0.326 e. The average molecular weight is 499 g/mol. The quantitative estimate of drug-likeness (QED) is 0.207. The lowest BCUT2D eigenvalue weighted by molar-refractivity contribution is -0.140. The van der Waals surface area contributed by atoms with Gasteiger partial charge in [0.1, 0.15) is 12.1 Å². The summed E-state index contributed by atoms with van der Waals surface area (Å²) in [6.07, 6.45) is 3.42. The predicted octanol–water partition coefficient (Wildman–Crippen LogP) is 2.54. The van der Waals surface area contributed by atoms with Gasteiger partial charge in [0, 0.05) is 25.9 Å². The summed E-state index contributed by atoms with van der Waals surface area (Å²) >= 11 is 0. The van der Waals surface area contributed by atoms with Crippen molar-refractivity contribution in [3.05, 3.63) is 71.8 Å². The molecule has 0 fully saturated rings. The fourth-order valence-electron chi connectivity index (χ4n) is 3.53. The van der Waals surface area contributed by atoms with E-state index < -0.39 is 36.1 Å². The van der Waals surface area contributed by atoms with Crippen molar-refractivity contribution < 1.29 is 29.4 Å². The van der Waals surface area contributed by atoms with Gasteiger partial charge in [0.2, 0.25) is 0 Å². The van der Waals surface area contributed by atoms with Crippen LogP contribution in [-0.4, -0.2) is 59.4 Å². The minimum atomic E-state index is -1.10. The van der Waals surface area contributed by atoms with Gasteiger partial charge in [-0.25, -0.2) is 19.2 Å². The summed E-state index contributed by atoms with van der Waals surface area (Å²) in [5, 5.41) is 29.0. The number of unbranched alkanes of at least 4 members (excludes halogenated alkanes) is 3. The number of carbonyl (C=O) groups is 4. The van der Waals surface area contributed by atoms with Gasteiger partial charge in [-0.3, -0.25) is 0 Å². The Hall–Kier alpha value is -4.08. The highest BCUT2D eigenvalue weighted by Gasteiger charge is 2.21. The second-order valence-corrected chi connectivity index (χ2v) is 8.38. The lowest BCUT2D eigenvalue weighted by Gasteiger charge is -2.15. The zero-order chi connectivity index (χ0) is 26.2. The van der Waals surface area contributed by atoms with Crippen molar-refractivity contribution in [2.75, 3.05) is 13.1 Å². The van der Waals surface area contributed by atoms with E-state index in [1.807, 2.05) is 60.7 Å². The molecule has 6 N–H and O–H groups in total. The number of benzene rings is 2. The predicted molar refractivity (Wildman–Crippen MR) is 135 cm³/mol. The SMILES string of the molecule is O=C(NCCCCCCNC(=O)N[C@H](Cc1ccccc1)C(=O)O)N[C@H](Cc1ccccc1)C(=O)O. The Morgan fingerprint density at radius 2 is 0.944 bits per heavy atom. The zero-order valence-corrected chi connectivity index (χ0v) is 20.1. The van der Waals surface area contributed by atoms with E-state index in [2.05, 4.69) is 21.3 Å². The molecule has 2 aromatic rings. The third-order valence-corrected chi connectivity index (χ3v) is 5.45. The summed E-state index contributed by atoms with van der Waals surface area (Å²) in [5.74, 6) is -2.19. The van der Waals surface area contributed by atoms with Gasteiger partial charge in [0.05, 0.1) is 0 Å². The number of carboxylic acid groups (broad SMARTS) is 2. The Balaban J connectivity index is 1.55. The lowest BCUT2D eigenvalue weighted by atomic mass is 10.1. The summed E-state index contributed by atoms with van der Waals surface area (Å²) in [6, 6.07) is 15.1. The number of nitrogens with one attached hydrogen (secondary N) is 4. The van der Waals surface area contributed by atoms with E-state index in [0.29, 0.717) is 25.9 Å². The summed E-state index contributed by atoms with van der Waals surface area (Å²) in [5.41, 5.74) is 1.64. The number of aliphatic carboxylic acids is 2. The molecule has 0 aliphatic heterocycles. The van der Waals surface area contributed by atoms with Gasteiger partial charge in [-0.1, -0.05) is 73.5 Å². The molecule has 194 valence electrons. The number of carboxylic acids is 2. The van der Waals surface area contributed by atoms with Crippen molar-refractivity contribution in [3.63, 3.8) is 0 Å². The molecule has 36 heavy (non-hydrogen) atoms. The minimum absolute atomic E-state index is 0.198. The Kier molecular flexibility index (Phi) is 12.3. The normalized spacial score (nSPS) is 12.1. The van der Waals surface area contributed by atoms with Crippen LogP contribution in [0, 0.1) is 0 Å². The molecule has 0 heterocycles. The molecular formula is C26H34N4O6. The Morgan fingerprint density at radius 3 is 1.28 bits per heavy atom. The van der Waals surface area contributed by atoms with Gasteiger partial charge in [0.15, 0.2) is 0 Å². The van der Waals surface area contributed by atoms with Crippen LogP contribution in [0.15, 0.2) is 60.7 Å². The van der Waals surface area contributed by atoms with E-state index in [0.717, 1.165) is 24.0 Å². The van der Waals surface area contributed by atoms with Crippen LogP contribution in [0.2, 0.25) is 0 Å². The van der Waals surface area contributed by atoms with Crippen molar-refractivity contribution in [2.45, 2.75) is 50.6 Å². The fourth-order valence-corrected chi connectivity index (χ4v) is 3.53. The highest BCUT2D eigenvalue weighted by molar-refractivity contribution is 5.83. The first-order chi connectivity index (χ1) is 17.3. The number of rotatable bonds is 15. The standard InChI is InChI=1S/C26H34N4O6/c31-23(32)21(17-19-11-5-3-6-12-19)29-25(35)27-15-9-1-2-10-16-28-26(36)30-22(24(33)34)18-20-13-7-4-8-14-20/h3-8,11-14,21-22H,1-2,9-10,15-18H2,(H,31,32)(H,33,34)(H2,27,29,35)(H2,28,30,36)/t21-,22-/m1/s1. The summed E-state index contributed by atoms with van der Waals surface area (Å²) in [4.78, 5) is 46.9. The highest BCUT2D eigenvalue weighted by atomic mass is 16.4. The van der Waals surface area contributed by atoms with E-state index in [-0.39, 0.29) is 12.8 Å². The monoisotopic (exact) mass is 498 g/mol. The molecule has 2 atom stereocenters. The van der Waals surface area contributed by atoms with Crippen molar-refractivity contribution >= 4 is 24.0 Å². The van der Waals surface area contributed by atoms with Gasteiger partial charge >= 0.3 is 24.0 Å². The van der Waals surface area contributed by atoms with Crippen LogP contribution in [0.3, 0.4) is 0 Å². The molecule has 0 aromatic heterocycles. The Bertz CT molecular complexity index is 891. The molecule has 4 amide bonds. The van der Waals surface area contributed by atoms with Gasteiger partial charge < -0.3 is 31.5 Å². The molecule has 0 bridgehead atoms. The molecule has 0 aliphatic carbocycles. The zero-order valence-electron chi connectivity index (χ0n) is 20.1. The molecule has 0 radical (unpaired) electrons. The first kappa shape index (κ1) is 28.2. The molecule has 2 rings (SSSR count). The molecular weight excluding hydrogens is 464 g/mol. The number of amides is 4. The van der Waals surface area contributed by atoms with Crippen molar-refractivity contribution in [1.82, 2.24) is 21.3 Å². The van der Waals surface area contributed by atoms with Gasteiger partial charge in [-0.05, 0) is 24.0 Å². The summed E-state index contributed by atoms with van der Waals surface area (Å²) in [7, 11) is 0. The minimum Gasteiger partial charge on any atom is -0.480 e. The highest BCUT2D eigenvalue weighted by Crippen LogP contribution is 2.05. The van der Waals surface area contributed by atoms with Crippen LogP contribution >= 0.6 is 0 Å². The first-order valence-corrected chi connectivity index (χ1v) is 12.0. The molecule has 0 saturated carbocycles. The van der Waals surface area contributed by atoms with Crippen molar-refractivity contribution in [3.8, 4) is 0 Å². The number of urea groups is 2. The molecule has 0 spiro atoms. The van der Waals surface area contributed by atoms with Crippen molar-refractivity contribution in [2.24, 2.45) is 0 Å².